The molecule has 9 nitrogen and oxygen atoms in total. The lowest BCUT2D eigenvalue weighted by Crippen LogP contribution is -2.51. The van der Waals surface area contributed by atoms with Gasteiger partial charge in [0.15, 0.2) is 0 Å². The van der Waals surface area contributed by atoms with Crippen molar-refractivity contribution in [2.75, 3.05) is 50.9 Å². The van der Waals surface area contributed by atoms with Gasteiger partial charge >= 0.3 is 5.56 Å². The molecule has 0 bridgehead atoms. The van der Waals surface area contributed by atoms with Crippen LogP contribution in [0.5, 0.6) is 5.75 Å². The third-order valence-electron chi connectivity index (χ3n) is 6.50. The maximum Gasteiger partial charge on any atom is 0.316 e. The molecule has 0 amide bonds. The molecule has 0 unspecified atom stereocenters. The first-order valence-electron chi connectivity index (χ1n) is 12.1. The Morgan fingerprint density at radius 1 is 1.09 bits per heavy atom. The fourth-order valence-electron chi connectivity index (χ4n) is 4.66. The lowest BCUT2D eigenvalue weighted by Gasteiger charge is -2.36. The Labute approximate surface area is 201 Å². The second-order valence-corrected chi connectivity index (χ2v) is 11.0. The van der Waals surface area contributed by atoms with E-state index in [9.17, 15) is 13.2 Å². The fraction of sp³-hybridized carbons (Fsp3) is 0.583. The van der Waals surface area contributed by atoms with Crippen molar-refractivity contribution in [3.05, 3.63) is 46.4 Å². The highest BCUT2D eigenvalue weighted by molar-refractivity contribution is 7.89. The summed E-state index contributed by atoms with van der Waals surface area (Å²) in [5.41, 5.74) is 1.93. The molecular weight excluding hydrogens is 456 g/mol. The highest BCUT2D eigenvalue weighted by Gasteiger charge is 2.36. The van der Waals surface area contributed by atoms with Crippen LogP contribution in [-0.2, 0) is 14.8 Å². The minimum Gasteiger partial charge on any atom is -0.484 e. The van der Waals surface area contributed by atoms with Crippen LogP contribution in [0.3, 0.4) is 0 Å². The first kappa shape index (κ1) is 24.7. The first-order chi connectivity index (χ1) is 16.4. The smallest absolute Gasteiger partial charge is 0.316 e. The van der Waals surface area contributed by atoms with Gasteiger partial charge < -0.3 is 14.4 Å². The molecule has 1 aliphatic carbocycles. The van der Waals surface area contributed by atoms with E-state index in [1.54, 1.807) is 10.5 Å². The summed E-state index contributed by atoms with van der Waals surface area (Å²) in [6.45, 7) is 6.77. The summed E-state index contributed by atoms with van der Waals surface area (Å²) in [6, 6.07) is 7.57. The zero-order valence-electron chi connectivity index (χ0n) is 20.0. The molecule has 2 fully saturated rings. The zero-order valence-corrected chi connectivity index (χ0v) is 20.8. The summed E-state index contributed by atoms with van der Waals surface area (Å²) in [5, 5.41) is 4.17. The van der Waals surface area contributed by atoms with Crippen LogP contribution >= 0.6 is 0 Å². The Kier molecular flexibility index (Phi) is 7.90. The number of hydrogen-bond acceptors (Lipinski definition) is 7. The van der Waals surface area contributed by atoms with Gasteiger partial charge in [-0.3, -0.25) is 4.79 Å². The van der Waals surface area contributed by atoms with Crippen molar-refractivity contribution in [1.29, 1.82) is 0 Å². The van der Waals surface area contributed by atoms with Crippen LogP contribution in [0.2, 0.25) is 0 Å². The molecule has 1 aromatic carbocycles. The fourth-order valence-corrected chi connectivity index (χ4v) is 6.68. The van der Waals surface area contributed by atoms with Crippen molar-refractivity contribution >= 4 is 15.7 Å². The molecule has 0 N–H and O–H groups in total. The number of rotatable bonds is 9. The molecule has 4 rings (SSSR count). The van der Waals surface area contributed by atoms with E-state index in [0.717, 1.165) is 31.2 Å². The minimum absolute atomic E-state index is 0.211. The summed E-state index contributed by atoms with van der Waals surface area (Å²) >= 11 is 0. The van der Waals surface area contributed by atoms with Crippen LogP contribution in [-0.4, -0.2) is 73.8 Å². The summed E-state index contributed by atoms with van der Waals surface area (Å²) in [5.74, 6) is 0.211. The van der Waals surface area contributed by atoms with Gasteiger partial charge in [0, 0.05) is 32.8 Å². The van der Waals surface area contributed by atoms with Crippen molar-refractivity contribution in [3.63, 3.8) is 0 Å². The number of ether oxygens (including phenoxy) is 2. The predicted molar refractivity (Wildman–Crippen MR) is 132 cm³/mol. The van der Waals surface area contributed by atoms with Crippen molar-refractivity contribution in [2.24, 2.45) is 0 Å². The molecule has 1 saturated carbocycles. The molecule has 1 aliphatic heterocycles. The van der Waals surface area contributed by atoms with Gasteiger partial charge in [0.1, 0.15) is 12.3 Å². The maximum absolute atomic E-state index is 13.4. The Morgan fingerprint density at radius 2 is 1.82 bits per heavy atom. The normalized spacial score (nSPS) is 17.9. The van der Waals surface area contributed by atoms with Crippen LogP contribution in [0, 0.1) is 6.92 Å². The van der Waals surface area contributed by atoms with Crippen LogP contribution < -0.4 is 15.2 Å². The quantitative estimate of drug-likeness (QED) is 0.498. The topological polar surface area (TPSA) is 94.0 Å². The average Bonchev–Trinajstić information content (AvgIpc) is 3.39. The minimum atomic E-state index is -3.28. The van der Waals surface area contributed by atoms with Gasteiger partial charge in [-0.15, -0.1) is 0 Å². The van der Waals surface area contributed by atoms with Crippen LogP contribution in [0.25, 0.3) is 5.69 Å². The van der Waals surface area contributed by atoms with Gasteiger partial charge in [-0.1, -0.05) is 25.0 Å². The molecule has 2 aliphatic rings. The Balaban J connectivity index is 1.57. The first-order valence-corrected chi connectivity index (χ1v) is 13.6. The molecule has 2 aromatic rings. The molecule has 10 heteroatoms. The van der Waals surface area contributed by atoms with E-state index < -0.39 is 10.0 Å². The monoisotopic (exact) mass is 490 g/mol. The number of aryl methyl sites for hydroxylation is 1. The van der Waals surface area contributed by atoms with Crippen molar-refractivity contribution < 1.29 is 17.9 Å². The van der Waals surface area contributed by atoms with E-state index in [0.29, 0.717) is 50.8 Å². The average molecular weight is 491 g/mol. The largest absolute Gasteiger partial charge is 0.484 e. The van der Waals surface area contributed by atoms with Crippen molar-refractivity contribution in [3.8, 4) is 11.4 Å². The molecular formula is C24H34N4O5S. The molecule has 2 heterocycles. The molecule has 34 heavy (non-hydrogen) atoms. The molecule has 0 radical (unpaired) electrons. The summed E-state index contributed by atoms with van der Waals surface area (Å²) in [6.07, 6.45) is 5.11. The number of sulfonamides is 1. The maximum atomic E-state index is 13.4. The third-order valence-corrected chi connectivity index (χ3v) is 8.90. The highest BCUT2D eigenvalue weighted by Crippen LogP contribution is 2.30. The summed E-state index contributed by atoms with van der Waals surface area (Å²) in [7, 11) is -3.28. The van der Waals surface area contributed by atoms with Crippen LogP contribution in [0.15, 0.2) is 35.3 Å². The number of aromatic nitrogens is 2. The van der Waals surface area contributed by atoms with E-state index in [-0.39, 0.29) is 23.2 Å². The van der Waals surface area contributed by atoms with Gasteiger partial charge in [-0.25, -0.2) is 8.42 Å². The van der Waals surface area contributed by atoms with Crippen molar-refractivity contribution in [1.82, 2.24) is 14.1 Å². The summed E-state index contributed by atoms with van der Waals surface area (Å²) < 4.78 is 40.2. The van der Waals surface area contributed by atoms with Crippen LogP contribution in [0.4, 0.5) is 5.69 Å². The van der Waals surface area contributed by atoms with E-state index in [1.807, 2.05) is 43.0 Å². The molecule has 1 saturated heterocycles. The number of piperazine rings is 1. The third kappa shape index (κ3) is 5.29. The van der Waals surface area contributed by atoms with Gasteiger partial charge in [0.05, 0.1) is 23.7 Å². The molecule has 0 atom stereocenters. The Bertz CT molecular complexity index is 1140. The number of benzene rings is 1. The predicted octanol–water partition coefficient (Wildman–Crippen LogP) is 2.35. The number of nitrogens with zero attached hydrogens (tertiary/aromatic N) is 4. The second kappa shape index (κ2) is 10.9. The van der Waals surface area contributed by atoms with Gasteiger partial charge in [0.25, 0.3) is 0 Å². The Hall–Kier alpha value is -2.43. The van der Waals surface area contributed by atoms with Gasteiger partial charge in [-0.05, 0) is 44.4 Å². The number of hydrogen-bond donors (Lipinski definition) is 0. The molecule has 186 valence electrons. The second-order valence-electron chi connectivity index (χ2n) is 8.80. The molecule has 1 aromatic heterocycles. The summed E-state index contributed by atoms with van der Waals surface area (Å²) in [4.78, 5) is 15.4. The van der Waals surface area contributed by atoms with E-state index in [4.69, 9.17) is 9.47 Å². The van der Waals surface area contributed by atoms with Gasteiger partial charge in [0.2, 0.25) is 15.8 Å². The van der Waals surface area contributed by atoms with Gasteiger partial charge in [-0.2, -0.15) is 14.1 Å². The lowest BCUT2D eigenvalue weighted by molar-refractivity contribution is 0.109. The molecule has 0 spiro atoms. The zero-order chi connectivity index (χ0) is 24.1. The van der Waals surface area contributed by atoms with E-state index in [1.165, 1.54) is 4.68 Å². The van der Waals surface area contributed by atoms with E-state index >= 15 is 0 Å². The van der Waals surface area contributed by atoms with Crippen LogP contribution in [0.1, 0.15) is 38.2 Å². The Morgan fingerprint density at radius 3 is 2.50 bits per heavy atom. The highest BCUT2D eigenvalue weighted by atomic mass is 32.2. The standard InChI is InChI=1S/C24H34N4O5S/c1-3-32-15-16-33-23-22(18-25-28(24(23)29)20-8-6-7-19(2)17-20)26-11-13-27(14-12-26)34(30,31)21-9-4-5-10-21/h6-8,17-18,21H,3-5,9-16H2,1-2H3. The van der Waals surface area contributed by atoms with E-state index in [2.05, 4.69) is 5.10 Å². The van der Waals surface area contributed by atoms with Crippen molar-refractivity contribution in [2.45, 2.75) is 44.8 Å². The SMILES string of the molecule is CCOCCOc1c(N2CCN(S(=O)(=O)C3CCCC3)CC2)cnn(-c2cccc(C)c2)c1=O. The lowest BCUT2D eigenvalue weighted by atomic mass is 10.2. The number of anilines is 1.